The minimum Gasteiger partial charge on any atom is -0.324 e. The number of fused-ring (bicyclic) bond motifs is 3. The zero-order chi connectivity index (χ0) is 23.9. The van der Waals surface area contributed by atoms with Crippen molar-refractivity contribution >= 4 is 32.5 Å². The van der Waals surface area contributed by atoms with Crippen molar-refractivity contribution < 1.29 is 13.2 Å². The summed E-state index contributed by atoms with van der Waals surface area (Å²) in [6, 6.07) is 12.7. The van der Waals surface area contributed by atoms with Gasteiger partial charge in [0.05, 0.1) is 10.3 Å². The van der Waals surface area contributed by atoms with Crippen LogP contribution in [0.2, 0.25) is 0 Å². The molecule has 34 heavy (non-hydrogen) atoms. The van der Waals surface area contributed by atoms with E-state index in [-0.39, 0.29) is 17.5 Å². The Morgan fingerprint density at radius 2 is 1.71 bits per heavy atom. The van der Waals surface area contributed by atoms with Crippen molar-refractivity contribution in [2.75, 3.05) is 5.32 Å². The number of nitrogens with one attached hydrogen (secondary N) is 2. The quantitative estimate of drug-likeness (QED) is 0.535. The van der Waals surface area contributed by atoms with E-state index in [2.05, 4.69) is 20.4 Å². The second kappa shape index (κ2) is 8.92. The molecule has 2 N–H and O–H groups in total. The van der Waals surface area contributed by atoms with E-state index >= 15 is 0 Å². The van der Waals surface area contributed by atoms with Gasteiger partial charge in [0.2, 0.25) is 15.9 Å². The third kappa shape index (κ3) is 4.35. The molecule has 0 spiro atoms. The number of carbonyl (C=O) groups is 1. The first-order valence-corrected chi connectivity index (χ1v) is 13.0. The molecule has 1 heterocycles. The topological polar surface area (TPSA) is 123 Å². The molecule has 2 aromatic carbocycles. The van der Waals surface area contributed by atoms with Gasteiger partial charge in [-0.05, 0) is 86.8 Å². The van der Waals surface area contributed by atoms with Gasteiger partial charge >= 0.3 is 0 Å². The van der Waals surface area contributed by atoms with E-state index in [0.29, 0.717) is 34.3 Å². The molecule has 3 aromatic rings. The van der Waals surface area contributed by atoms with Crippen LogP contribution in [0.25, 0.3) is 10.9 Å². The van der Waals surface area contributed by atoms with Crippen LogP contribution in [0.5, 0.6) is 0 Å². The normalized spacial score (nSPS) is 22.7. The number of amides is 1. The molecule has 0 radical (unpaired) electrons. The van der Waals surface area contributed by atoms with Gasteiger partial charge in [-0.1, -0.05) is 17.3 Å². The minimum absolute atomic E-state index is 0.106. The molecule has 178 valence electrons. The van der Waals surface area contributed by atoms with Gasteiger partial charge < -0.3 is 5.32 Å². The summed E-state index contributed by atoms with van der Waals surface area (Å²) in [6.45, 7) is 1.66. The van der Waals surface area contributed by atoms with E-state index in [1.165, 1.54) is 49.9 Å². The predicted molar refractivity (Wildman–Crippen MR) is 128 cm³/mol. The molecular formula is C24H27N5O4S. The van der Waals surface area contributed by atoms with Gasteiger partial charge in [-0.15, -0.1) is 5.10 Å². The molecule has 1 amide bonds. The fourth-order valence-electron chi connectivity index (χ4n) is 5.69. The minimum atomic E-state index is -3.66. The highest BCUT2D eigenvalue weighted by molar-refractivity contribution is 7.89. The van der Waals surface area contributed by atoms with Crippen LogP contribution in [0.4, 0.5) is 5.69 Å². The number of rotatable bonds is 7. The van der Waals surface area contributed by atoms with Crippen molar-refractivity contribution in [3.63, 3.8) is 0 Å². The van der Waals surface area contributed by atoms with Crippen LogP contribution in [0.3, 0.4) is 0 Å². The summed E-state index contributed by atoms with van der Waals surface area (Å²) < 4.78 is 29.7. The maximum atomic E-state index is 12.9. The monoisotopic (exact) mass is 481 g/mol. The Morgan fingerprint density at radius 1 is 1.06 bits per heavy atom. The number of carbonyl (C=O) groups excluding carboxylic acids is 1. The summed E-state index contributed by atoms with van der Waals surface area (Å²) in [6.07, 6.45) is 4.80. The average molecular weight is 482 g/mol. The highest BCUT2D eigenvalue weighted by Gasteiger charge is 2.44. The molecule has 10 heteroatoms. The maximum Gasteiger partial charge on any atom is 0.278 e. The third-order valence-electron chi connectivity index (χ3n) is 7.19. The van der Waals surface area contributed by atoms with Crippen molar-refractivity contribution in [1.29, 1.82) is 0 Å². The number of aromatic nitrogens is 3. The standard InChI is InChI=1S/C24H27N5O4S/c1-15(23-16-6-7-17(23)9-8-16)27-34(32,33)19-12-10-18(11-13-19)25-22(30)14-29-24(31)20-4-2-3-5-21(20)26-28-29/h2-5,10-13,15-17,23,27H,6-9,14H2,1H3,(H,25,30). The zero-order valence-electron chi connectivity index (χ0n) is 18.8. The van der Waals surface area contributed by atoms with Crippen molar-refractivity contribution in [2.24, 2.45) is 17.8 Å². The van der Waals surface area contributed by atoms with E-state index in [9.17, 15) is 18.0 Å². The van der Waals surface area contributed by atoms with Crippen LogP contribution >= 0.6 is 0 Å². The molecule has 2 aliphatic carbocycles. The lowest BCUT2D eigenvalue weighted by molar-refractivity contribution is -0.117. The van der Waals surface area contributed by atoms with Gasteiger partial charge in [-0.25, -0.2) is 17.8 Å². The molecule has 1 aromatic heterocycles. The van der Waals surface area contributed by atoms with E-state index in [4.69, 9.17) is 0 Å². The van der Waals surface area contributed by atoms with Gasteiger partial charge in [0, 0.05) is 11.7 Å². The van der Waals surface area contributed by atoms with E-state index < -0.39 is 21.5 Å². The highest BCUT2D eigenvalue weighted by Crippen LogP contribution is 2.50. The number of hydrogen-bond acceptors (Lipinski definition) is 6. The van der Waals surface area contributed by atoms with Crippen molar-refractivity contribution in [3.05, 3.63) is 58.9 Å². The fraction of sp³-hybridized carbons (Fsp3) is 0.417. The molecule has 1 atom stereocenters. The Hall–Kier alpha value is -3.11. The molecule has 2 aliphatic rings. The summed E-state index contributed by atoms with van der Waals surface area (Å²) in [4.78, 5) is 25.1. The Balaban J connectivity index is 1.23. The predicted octanol–water partition coefficient (Wildman–Crippen LogP) is 2.53. The third-order valence-corrected chi connectivity index (χ3v) is 8.77. The van der Waals surface area contributed by atoms with Crippen LogP contribution in [0.15, 0.2) is 58.2 Å². The van der Waals surface area contributed by atoms with Crippen LogP contribution in [0.1, 0.15) is 32.6 Å². The Kier molecular flexibility index (Phi) is 5.95. The maximum absolute atomic E-state index is 12.9. The second-order valence-corrected chi connectivity index (χ2v) is 11.0. The first-order valence-electron chi connectivity index (χ1n) is 11.6. The largest absolute Gasteiger partial charge is 0.324 e. The first-order chi connectivity index (χ1) is 16.3. The van der Waals surface area contributed by atoms with Gasteiger partial charge in [0.25, 0.3) is 5.56 Å². The lowest BCUT2D eigenvalue weighted by Gasteiger charge is -2.24. The van der Waals surface area contributed by atoms with Crippen LogP contribution < -0.4 is 15.6 Å². The molecule has 2 fully saturated rings. The molecular weight excluding hydrogens is 454 g/mol. The van der Waals surface area contributed by atoms with E-state index in [0.717, 1.165) is 4.68 Å². The van der Waals surface area contributed by atoms with Crippen LogP contribution in [-0.2, 0) is 21.4 Å². The van der Waals surface area contributed by atoms with Gasteiger partial charge in [0.15, 0.2) is 0 Å². The SMILES string of the molecule is CC(NS(=O)(=O)c1ccc(NC(=O)Cn2nnc3ccccc3c2=O)cc1)C1C2CCC1CC2. The smallest absolute Gasteiger partial charge is 0.278 e. The van der Waals surface area contributed by atoms with Crippen LogP contribution in [0, 0.1) is 17.8 Å². The molecule has 0 saturated heterocycles. The molecule has 0 aliphatic heterocycles. The molecule has 1 unspecified atom stereocenters. The van der Waals surface area contributed by atoms with Gasteiger partial charge in [0.1, 0.15) is 12.1 Å². The lowest BCUT2D eigenvalue weighted by Crippen LogP contribution is -2.39. The van der Waals surface area contributed by atoms with Crippen molar-refractivity contribution in [3.8, 4) is 0 Å². The number of nitrogens with zero attached hydrogens (tertiary/aromatic N) is 3. The number of anilines is 1. The number of benzene rings is 2. The van der Waals surface area contributed by atoms with E-state index in [1.54, 1.807) is 24.3 Å². The zero-order valence-corrected chi connectivity index (χ0v) is 19.7. The molecule has 2 saturated carbocycles. The number of sulfonamides is 1. The Labute approximate surface area is 197 Å². The average Bonchev–Trinajstić information content (AvgIpc) is 3.42. The summed E-state index contributed by atoms with van der Waals surface area (Å²) in [5.74, 6) is 1.20. The summed E-state index contributed by atoms with van der Waals surface area (Å²) in [5.41, 5.74) is 0.482. The van der Waals surface area contributed by atoms with E-state index in [1.807, 2.05) is 6.92 Å². The van der Waals surface area contributed by atoms with Gasteiger partial charge in [-0.2, -0.15) is 0 Å². The summed E-state index contributed by atoms with van der Waals surface area (Å²) in [5, 5.41) is 10.8. The summed E-state index contributed by atoms with van der Waals surface area (Å²) in [7, 11) is -3.66. The molecule has 2 bridgehead atoms. The molecule has 5 rings (SSSR count). The Bertz CT molecular complexity index is 1370. The second-order valence-electron chi connectivity index (χ2n) is 9.30. The first kappa shape index (κ1) is 22.7. The highest BCUT2D eigenvalue weighted by atomic mass is 32.2. The number of hydrogen-bond donors (Lipinski definition) is 2. The molecule has 9 nitrogen and oxygen atoms in total. The summed E-state index contributed by atoms with van der Waals surface area (Å²) >= 11 is 0. The fourth-order valence-corrected chi connectivity index (χ4v) is 6.97. The van der Waals surface area contributed by atoms with Gasteiger partial charge in [-0.3, -0.25) is 9.59 Å². The van der Waals surface area contributed by atoms with Crippen molar-refractivity contribution in [2.45, 2.75) is 50.1 Å². The lowest BCUT2D eigenvalue weighted by atomic mass is 9.91. The van der Waals surface area contributed by atoms with Crippen LogP contribution in [-0.4, -0.2) is 35.4 Å². The Morgan fingerprint density at radius 3 is 2.38 bits per heavy atom. The van der Waals surface area contributed by atoms with Crippen molar-refractivity contribution in [1.82, 2.24) is 19.7 Å².